The minimum atomic E-state index is -1.08. The van der Waals surface area contributed by atoms with E-state index in [0.717, 1.165) is 5.82 Å². The van der Waals surface area contributed by atoms with Gasteiger partial charge in [-0.05, 0) is 30.2 Å². The maximum Gasteiger partial charge on any atom is 0.338 e. The number of benzene rings is 2. The lowest BCUT2D eigenvalue weighted by Crippen LogP contribution is -2.11. The van der Waals surface area contributed by atoms with Crippen molar-refractivity contribution < 1.29 is 28.8 Å². The predicted octanol–water partition coefficient (Wildman–Crippen LogP) is 4.15. The van der Waals surface area contributed by atoms with Gasteiger partial charge in [-0.2, -0.15) is 0 Å². The lowest BCUT2D eigenvalue weighted by molar-refractivity contribution is 0.0696. The minimum Gasteiger partial charge on any atom is -0.493 e. The van der Waals surface area contributed by atoms with Crippen LogP contribution in [0.2, 0.25) is 0 Å². The molecule has 4 aromatic rings. The van der Waals surface area contributed by atoms with Gasteiger partial charge in [0.2, 0.25) is 0 Å². The Labute approximate surface area is 202 Å². The highest BCUT2D eigenvalue weighted by Crippen LogP contribution is 2.41. The second kappa shape index (κ2) is 9.92. The maximum atomic E-state index is 12.7. The molecule has 2 aromatic carbocycles. The molecule has 0 radical (unpaired) electrons. The summed E-state index contributed by atoms with van der Waals surface area (Å²) < 4.78 is 23.7. The van der Waals surface area contributed by atoms with Crippen molar-refractivity contribution in [3.05, 3.63) is 59.8 Å². The van der Waals surface area contributed by atoms with Crippen LogP contribution in [-0.2, 0) is 19.9 Å². The third-order valence-electron chi connectivity index (χ3n) is 5.96. The first-order valence-electron chi connectivity index (χ1n) is 10.9. The summed E-state index contributed by atoms with van der Waals surface area (Å²) in [6.07, 6.45) is 4.49. The second-order valence-corrected chi connectivity index (χ2v) is 7.86. The number of rotatable bonds is 9. The van der Waals surface area contributed by atoms with Gasteiger partial charge in [0.05, 0.1) is 45.2 Å². The summed E-state index contributed by atoms with van der Waals surface area (Å²) in [4.78, 5) is 21.8. The van der Waals surface area contributed by atoms with Crippen molar-refractivity contribution in [2.45, 2.75) is 12.8 Å². The van der Waals surface area contributed by atoms with Gasteiger partial charge in [-0.15, -0.1) is 0 Å². The number of methoxy groups -OCH3 is 4. The van der Waals surface area contributed by atoms with Crippen molar-refractivity contribution >= 4 is 16.9 Å². The van der Waals surface area contributed by atoms with Crippen LogP contribution in [0.5, 0.6) is 23.0 Å². The zero-order valence-corrected chi connectivity index (χ0v) is 20.3. The number of aromatic nitrogens is 3. The standard InChI is InChI=1S/C26H27N3O6/c1-29-11-10-27-23(29)9-7-17-25(26(30)31)24(15-6-8-19(32-2)20(12-15)33-3)16-13-21(34-4)22(35-5)14-18(16)28-17/h6,8,10-14H,7,9H2,1-5H3,(H,30,31). The predicted molar refractivity (Wildman–Crippen MR) is 131 cm³/mol. The molecule has 4 rings (SSSR count). The summed E-state index contributed by atoms with van der Waals surface area (Å²) in [7, 11) is 8.07. The normalized spacial score (nSPS) is 10.9. The summed E-state index contributed by atoms with van der Waals surface area (Å²) in [5, 5.41) is 11.0. The molecule has 1 N–H and O–H groups in total. The average molecular weight is 478 g/mol. The molecular formula is C26H27N3O6. The number of carbonyl (C=O) groups is 1. The third-order valence-corrected chi connectivity index (χ3v) is 5.96. The number of carboxylic acids is 1. The zero-order chi connectivity index (χ0) is 25.1. The maximum absolute atomic E-state index is 12.7. The number of carboxylic acid groups (broad SMARTS) is 1. The number of fused-ring (bicyclic) bond motifs is 1. The summed E-state index contributed by atoms with van der Waals surface area (Å²) in [5.74, 6) is 1.77. The molecule has 0 unspecified atom stereocenters. The fraction of sp³-hybridized carbons (Fsp3) is 0.269. The second-order valence-electron chi connectivity index (χ2n) is 7.86. The Hall–Kier alpha value is -4.27. The molecule has 2 heterocycles. The van der Waals surface area contributed by atoms with E-state index in [1.165, 1.54) is 14.2 Å². The van der Waals surface area contributed by atoms with E-state index in [-0.39, 0.29) is 5.56 Å². The molecule has 0 atom stereocenters. The van der Waals surface area contributed by atoms with Gasteiger partial charge < -0.3 is 28.6 Å². The zero-order valence-electron chi connectivity index (χ0n) is 20.3. The lowest BCUT2D eigenvalue weighted by atomic mass is 9.92. The number of nitrogens with zero attached hydrogens (tertiary/aromatic N) is 3. The minimum absolute atomic E-state index is 0.117. The topological polar surface area (TPSA) is 105 Å². The Morgan fingerprint density at radius 2 is 1.57 bits per heavy atom. The van der Waals surface area contributed by atoms with Crippen molar-refractivity contribution in [2.24, 2.45) is 7.05 Å². The number of aromatic carboxylic acids is 1. The van der Waals surface area contributed by atoms with Crippen LogP contribution in [0.4, 0.5) is 0 Å². The molecule has 2 aromatic heterocycles. The summed E-state index contributed by atoms with van der Waals surface area (Å²) in [5.41, 5.74) is 2.32. The van der Waals surface area contributed by atoms with E-state index in [2.05, 4.69) is 4.98 Å². The van der Waals surface area contributed by atoms with Gasteiger partial charge in [0.25, 0.3) is 0 Å². The molecule has 0 saturated carbocycles. The first-order valence-corrected chi connectivity index (χ1v) is 10.9. The number of hydrogen-bond donors (Lipinski definition) is 1. The molecule has 9 nitrogen and oxygen atoms in total. The monoisotopic (exact) mass is 477 g/mol. The molecule has 0 aliphatic heterocycles. The van der Waals surface area contributed by atoms with Crippen molar-refractivity contribution in [3.63, 3.8) is 0 Å². The molecule has 182 valence electrons. The van der Waals surface area contributed by atoms with Crippen LogP contribution in [0, 0.1) is 0 Å². The Morgan fingerprint density at radius 1 is 0.914 bits per heavy atom. The van der Waals surface area contributed by atoms with Crippen LogP contribution >= 0.6 is 0 Å². The molecule has 0 saturated heterocycles. The highest BCUT2D eigenvalue weighted by molar-refractivity contribution is 6.08. The van der Waals surface area contributed by atoms with E-state index in [1.54, 1.807) is 44.7 Å². The Morgan fingerprint density at radius 3 is 2.17 bits per heavy atom. The molecule has 9 heteroatoms. The molecule has 35 heavy (non-hydrogen) atoms. The number of imidazole rings is 1. The van der Waals surface area contributed by atoms with Crippen LogP contribution in [0.3, 0.4) is 0 Å². The van der Waals surface area contributed by atoms with Crippen LogP contribution in [-0.4, -0.2) is 54.1 Å². The fourth-order valence-electron chi connectivity index (χ4n) is 4.21. The van der Waals surface area contributed by atoms with Crippen molar-refractivity contribution in [3.8, 4) is 34.1 Å². The van der Waals surface area contributed by atoms with Crippen LogP contribution < -0.4 is 18.9 Å². The van der Waals surface area contributed by atoms with Crippen LogP contribution in [0.15, 0.2) is 42.7 Å². The van der Waals surface area contributed by atoms with E-state index >= 15 is 0 Å². The third kappa shape index (κ3) is 4.44. The Bertz CT molecular complexity index is 1400. The summed E-state index contributed by atoms with van der Waals surface area (Å²) in [6.45, 7) is 0. The van der Waals surface area contributed by atoms with E-state index in [1.807, 2.05) is 23.9 Å². The number of ether oxygens (including phenoxy) is 4. The van der Waals surface area contributed by atoms with Gasteiger partial charge in [-0.1, -0.05) is 6.07 Å². The van der Waals surface area contributed by atoms with Crippen LogP contribution in [0.1, 0.15) is 21.9 Å². The van der Waals surface area contributed by atoms with Crippen LogP contribution in [0.25, 0.3) is 22.0 Å². The van der Waals surface area contributed by atoms with E-state index in [9.17, 15) is 9.90 Å². The van der Waals surface area contributed by atoms with E-state index < -0.39 is 5.97 Å². The molecule has 0 aliphatic rings. The highest BCUT2D eigenvalue weighted by Gasteiger charge is 2.24. The molecule has 0 amide bonds. The van der Waals surface area contributed by atoms with Gasteiger partial charge in [0.15, 0.2) is 23.0 Å². The van der Waals surface area contributed by atoms with Gasteiger partial charge in [0, 0.05) is 42.9 Å². The molecule has 0 aliphatic carbocycles. The van der Waals surface area contributed by atoms with E-state index in [0.29, 0.717) is 63.6 Å². The molecule has 0 bridgehead atoms. The fourth-order valence-corrected chi connectivity index (χ4v) is 4.21. The van der Waals surface area contributed by atoms with Crippen molar-refractivity contribution in [2.75, 3.05) is 28.4 Å². The SMILES string of the molecule is COc1ccc(-c2c(C(=O)O)c(CCc3nccn3C)nc3cc(OC)c(OC)cc23)cc1OC. The van der Waals surface area contributed by atoms with Gasteiger partial charge >= 0.3 is 5.97 Å². The quantitative estimate of drug-likeness (QED) is 0.383. The summed E-state index contributed by atoms with van der Waals surface area (Å²) >= 11 is 0. The Balaban J connectivity index is 2.02. The smallest absolute Gasteiger partial charge is 0.338 e. The van der Waals surface area contributed by atoms with Crippen molar-refractivity contribution in [1.29, 1.82) is 0 Å². The number of aryl methyl sites for hydroxylation is 3. The lowest BCUT2D eigenvalue weighted by Gasteiger charge is -2.18. The number of hydrogen-bond acceptors (Lipinski definition) is 7. The number of pyridine rings is 1. The molecule has 0 fully saturated rings. The average Bonchev–Trinajstić information content (AvgIpc) is 3.29. The highest BCUT2D eigenvalue weighted by atomic mass is 16.5. The first kappa shape index (κ1) is 23.9. The molecule has 0 spiro atoms. The van der Waals surface area contributed by atoms with Gasteiger partial charge in [0.1, 0.15) is 5.82 Å². The van der Waals surface area contributed by atoms with Gasteiger partial charge in [-0.25, -0.2) is 9.78 Å². The molecular weight excluding hydrogens is 450 g/mol. The van der Waals surface area contributed by atoms with Crippen molar-refractivity contribution in [1.82, 2.24) is 14.5 Å². The summed E-state index contributed by atoms with van der Waals surface area (Å²) in [6, 6.07) is 8.83. The van der Waals surface area contributed by atoms with E-state index in [4.69, 9.17) is 23.9 Å². The largest absolute Gasteiger partial charge is 0.493 e. The van der Waals surface area contributed by atoms with Gasteiger partial charge in [-0.3, -0.25) is 4.98 Å². The Kier molecular flexibility index (Phi) is 6.77. The first-order chi connectivity index (χ1) is 16.9.